The van der Waals surface area contributed by atoms with Crippen molar-refractivity contribution >= 4 is 5.82 Å². The summed E-state index contributed by atoms with van der Waals surface area (Å²) in [5, 5.41) is 0. The van der Waals surface area contributed by atoms with Crippen molar-refractivity contribution in [1.29, 1.82) is 0 Å². The fourth-order valence-electron chi connectivity index (χ4n) is 2.44. The van der Waals surface area contributed by atoms with Gasteiger partial charge in [0, 0.05) is 18.1 Å². The Bertz CT molecular complexity index is 732. The average molecular weight is 259 g/mol. The first-order chi connectivity index (χ1) is 9.16. The van der Waals surface area contributed by atoms with E-state index in [0.29, 0.717) is 13.0 Å². The molecule has 0 aliphatic carbocycles. The van der Waals surface area contributed by atoms with Crippen molar-refractivity contribution in [3.63, 3.8) is 0 Å². The molecule has 1 unspecified atom stereocenters. The first-order valence-corrected chi connectivity index (χ1v) is 6.00. The van der Waals surface area contributed by atoms with E-state index in [1.165, 1.54) is 10.6 Å². The van der Waals surface area contributed by atoms with Gasteiger partial charge in [0.2, 0.25) is 0 Å². The van der Waals surface area contributed by atoms with E-state index in [2.05, 4.69) is 4.98 Å². The first-order valence-electron chi connectivity index (χ1n) is 6.00. The minimum Gasteiger partial charge on any atom is -0.493 e. The molecule has 19 heavy (non-hydrogen) atoms. The maximum absolute atomic E-state index is 12.0. The van der Waals surface area contributed by atoms with Gasteiger partial charge in [0.1, 0.15) is 11.6 Å². The van der Waals surface area contributed by atoms with Crippen LogP contribution >= 0.6 is 0 Å². The van der Waals surface area contributed by atoms with Crippen molar-refractivity contribution in [1.82, 2.24) is 9.55 Å². The number of para-hydroxylation sites is 1. The Kier molecular flexibility index (Phi) is 2.63. The van der Waals surface area contributed by atoms with Crippen LogP contribution in [0.4, 0.5) is 5.82 Å². The van der Waals surface area contributed by atoms with Gasteiger partial charge in [0.05, 0.1) is 12.6 Å². The number of hydrogen-bond acceptors (Lipinski definition) is 4. The Balaban J connectivity index is 2.20. The summed E-state index contributed by atoms with van der Waals surface area (Å²) in [6, 6.07) is 8.52. The van der Waals surface area contributed by atoms with Gasteiger partial charge in [-0.05, 0) is 6.07 Å². The Morgan fingerprint density at radius 3 is 2.89 bits per heavy atom. The lowest BCUT2D eigenvalue weighted by Crippen LogP contribution is -2.36. The molecule has 0 radical (unpaired) electrons. The van der Waals surface area contributed by atoms with Crippen molar-refractivity contribution in [2.24, 2.45) is 0 Å². The molecule has 98 valence electrons. The van der Waals surface area contributed by atoms with Crippen molar-refractivity contribution in [3.8, 4) is 5.75 Å². The third kappa shape index (κ3) is 1.91. The predicted molar refractivity (Wildman–Crippen MR) is 70.4 cm³/mol. The van der Waals surface area contributed by atoms with E-state index >= 15 is 0 Å². The molecule has 3 N–H and O–H groups in total. The van der Waals surface area contributed by atoms with Crippen LogP contribution in [0.25, 0.3) is 0 Å². The van der Waals surface area contributed by atoms with E-state index in [-0.39, 0.29) is 11.9 Å². The predicted octanol–water partition coefficient (Wildman–Crippen LogP) is 0.491. The highest BCUT2D eigenvalue weighted by Crippen LogP contribution is 2.34. The molecule has 1 aromatic heterocycles. The number of nitrogen functional groups attached to an aromatic ring is 1. The van der Waals surface area contributed by atoms with Gasteiger partial charge in [0.25, 0.3) is 5.56 Å². The highest BCUT2D eigenvalue weighted by atomic mass is 16.5. The molecule has 3 rings (SSSR count). The van der Waals surface area contributed by atoms with Crippen LogP contribution in [-0.2, 0) is 0 Å². The van der Waals surface area contributed by atoms with Gasteiger partial charge < -0.3 is 10.5 Å². The molecule has 0 amide bonds. The van der Waals surface area contributed by atoms with Crippen molar-refractivity contribution in [3.05, 3.63) is 56.7 Å². The van der Waals surface area contributed by atoms with Gasteiger partial charge >= 0.3 is 5.69 Å². The fraction of sp³-hybridized carbons (Fsp3) is 0.231. The Hall–Kier alpha value is -2.50. The van der Waals surface area contributed by atoms with Gasteiger partial charge in [-0.25, -0.2) is 4.79 Å². The van der Waals surface area contributed by atoms with Gasteiger partial charge in [-0.15, -0.1) is 0 Å². The third-order valence-electron chi connectivity index (χ3n) is 3.24. The molecule has 0 fully saturated rings. The molecule has 0 saturated carbocycles. The molecule has 2 aromatic rings. The molecule has 6 heteroatoms. The van der Waals surface area contributed by atoms with Crippen LogP contribution < -0.4 is 21.7 Å². The van der Waals surface area contributed by atoms with Crippen LogP contribution in [0.5, 0.6) is 5.75 Å². The normalized spacial score (nSPS) is 17.6. The zero-order valence-electron chi connectivity index (χ0n) is 10.1. The summed E-state index contributed by atoms with van der Waals surface area (Å²) < 4.78 is 6.96. The highest BCUT2D eigenvalue weighted by molar-refractivity contribution is 5.40. The van der Waals surface area contributed by atoms with E-state index in [9.17, 15) is 9.59 Å². The lowest BCUT2D eigenvalue weighted by Gasteiger charge is -2.28. The van der Waals surface area contributed by atoms with E-state index in [4.69, 9.17) is 10.5 Å². The van der Waals surface area contributed by atoms with E-state index in [1.54, 1.807) is 0 Å². The molecule has 2 heterocycles. The maximum atomic E-state index is 12.0. The summed E-state index contributed by atoms with van der Waals surface area (Å²) in [6.07, 6.45) is 0.632. The summed E-state index contributed by atoms with van der Waals surface area (Å²) in [7, 11) is 0. The topological polar surface area (TPSA) is 90.1 Å². The summed E-state index contributed by atoms with van der Waals surface area (Å²) in [5.41, 5.74) is 5.73. The summed E-state index contributed by atoms with van der Waals surface area (Å²) >= 11 is 0. The number of rotatable bonds is 1. The van der Waals surface area contributed by atoms with E-state index in [1.807, 2.05) is 24.3 Å². The van der Waals surface area contributed by atoms with Gasteiger partial charge in [-0.1, -0.05) is 18.2 Å². The molecule has 1 aliphatic rings. The second kappa shape index (κ2) is 4.31. The molecule has 6 nitrogen and oxygen atoms in total. The number of anilines is 1. The van der Waals surface area contributed by atoms with Crippen molar-refractivity contribution in [2.75, 3.05) is 12.3 Å². The van der Waals surface area contributed by atoms with Crippen LogP contribution in [0.2, 0.25) is 0 Å². The molecule has 0 spiro atoms. The molecule has 1 aromatic carbocycles. The Labute approximate surface area is 108 Å². The molecule has 0 saturated heterocycles. The van der Waals surface area contributed by atoms with Crippen LogP contribution in [0.3, 0.4) is 0 Å². The highest BCUT2D eigenvalue weighted by Gasteiger charge is 2.24. The second-order valence-corrected chi connectivity index (χ2v) is 4.42. The number of nitrogens with one attached hydrogen (secondary N) is 1. The third-order valence-corrected chi connectivity index (χ3v) is 3.24. The number of aromatic amines is 1. The minimum absolute atomic E-state index is 0.162. The summed E-state index contributed by atoms with van der Waals surface area (Å²) in [6.45, 7) is 0.507. The lowest BCUT2D eigenvalue weighted by atomic mass is 10.0. The van der Waals surface area contributed by atoms with Gasteiger partial charge in [-0.3, -0.25) is 14.3 Å². The number of nitrogens with zero attached hydrogens (tertiary/aromatic N) is 1. The summed E-state index contributed by atoms with van der Waals surface area (Å²) in [4.78, 5) is 25.4. The van der Waals surface area contributed by atoms with Crippen LogP contribution in [0.1, 0.15) is 18.0 Å². The number of fused-ring (bicyclic) bond motifs is 1. The van der Waals surface area contributed by atoms with Crippen LogP contribution in [0, 0.1) is 0 Å². The minimum atomic E-state index is -0.494. The second-order valence-electron chi connectivity index (χ2n) is 4.42. The lowest BCUT2D eigenvalue weighted by molar-refractivity contribution is 0.254. The summed E-state index contributed by atoms with van der Waals surface area (Å²) in [5.74, 6) is 0.909. The SMILES string of the molecule is Nc1cc(=O)[nH]c(=O)n1C1CCOc2ccccc21. The fourth-order valence-corrected chi connectivity index (χ4v) is 2.44. The number of nitrogens with two attached hydrogens (primary N) is 1. The molecule has 1 atom stereocenters. The zero-order chi connectivity index (χ0) is 13.4. The Morgan fingerprint density at radius 1 is 1.32 bits per heavy atom. The quantitative estimate of drug-likeness (QED) is 0.780. The van der Waals surface area contributed by atoms with Gasteiger partial charge in [-0.2, -0.15) is 0 Å². The standard InChI is InChI=1S/C13H13N3O3/c14-11-7-12(17)15-13(18)16(11)9-5-6-19-10-4-2-1-3-8(9)10/h1-4,7,9H,5-6,14H2,(H,15,17,18). The molecule has 0 bridgehead atoms. The number of aromatic nitrogens is 2. The number of benzene rings is 1. The zero-order valence-corrected chi connectivity index (χ0v) is 10.1. The smallest absolute Gasteiger partial charge is 0.330 e. The Morgan fingerprint density at radius 2 is 2.11 bits per heavy atom. The first kappa shape index (κ1) is 11.6. The van der Waals surface area contributed by atoms with Crippen molar-refractivity contribution in [2.45, 2.75) is 12.5 Å². The van der Waals surface area contributed by atoms with Gasteiger partial charge in [0.15, 0.2) is 0 Å². The van der Waals surface area contributed by atoms with Crippen molar-refractivity contribution < 1.29 is 4.74 Å². The maximum Gasteiger partial charge on any atom is 0.330 e. The molecular weight excluding hydrogens is 246 g/mol. The number of ether oxygens (including phenoxy) is 1. The number of hydrogen-bond donors (Lipinski definition) is 2. The van der Waals surface area contributed by atoms with Crippen LogP contribution in [0.15, 0.2) is 39.9 Å². The van der Waals surface area contributed by atoms with Crippen LogP contribution in [-0.4, -0.2) is 16.2 Å². The van der Waals surface area contributed by atoms with E-state index in [0.717, 1.165) is 11.3 Å². The average Bonchev–Trinajstić information content (AvgIpc) is 2.38. The monoisotopic (exact) mass is 259 g/mol. The molecular formula is C13H13N3O3. The number of H-pyrrole nitrogens is 1. The molecule has 1 aliphatic heterocycles. The van der Waals surface area contributed by atoms with E-state index < -0.39 is 11.2 Å². The largest absolute Gasteiger partial charge is 0.493 e.